The SMILES string of the molecule is COc1cc(Br)c(Cl)c2c1N(C(=O)OCc1ccccc1)C(CC(C)C)CC2. The zero-order chi connectivity index (χ0) is 20.3. The summed E-state index contributed by atoms with van der Waals surface area (Å²) in [7, 11) is 1.61. The Morgan fingerprint density at radius 3 is 2.68 bits per heavy atom. The van der Waals surface area contributed by atoms with Crippen molar-refractivity contribution in [3.8, 4) is 5.75 Å². The number of hydrogen-bond donors (Lipinski definition) is 0. The molecule has 0 radical (unpaired) electrons. The van der Waals surface area contributed by atoms with E-state index >= 15 is 0 Å². The maximum Gasteiger partial charge on any atom is 0.415 e. The van der Waals surface area contributed by atoms with Crippen molar-refractivity contribution >= 4 is 39.3 Å². The van der Waals surface area contributed by atoms with Crippen molar-refractivity contribution in [2.24, 2.45) is 5.92 Å². The minimum Gasteiger partial charge on any atom is -0.495 e. The Bertz CT molecular complexity index is 841. The topological polar surface area (TPSA) is 38.8 Å². The Kier molecular flexibility index (Phi) is 6.89. The Hall–Kier alpha value is -1.72. The minimum absolute atomic E-state index is 0.0434. The second kappa shape index (κ2) is 9.19. The number of rotatable bonds is 5. The molecule has 0 spiro atoms. The van der Waals surface area contributed by atoms with Crippen LogP contribution < -0.4 is 9.64 Å². The summed E-state index contributed by atoms with van der Waals surface area (Å²) in [6.07, 6.45) is 2.15. The van der Waals surface area contributed by atoms with Gasteiger partial charge in [-0.05, 0) is 58.3 Å². The van der Waals surface area contributed by atoms with Gasteiger partial charge in [0.1, 0.15) is 12.4 Å². The molecule has 2 aromatic carbocycles. The largest absolute Gasteiger partial charge is 0.495 e. The van der Waals surface area contributed by atoms with Gasteiger partial charge in [-0.3, -0.25) is 4.90 Å². The maximum absolute atomic E-state index is 13.2. The molecule has 2 aromatic rings. The lowest BCUT2D eigenvalue weighted by Crippen LogP contribution is -2.45. The molecule has 1 unspecified atom stereocenters. The van der Waals surface area contributed by atoms with Gasteiger partial charge in [-0.2, -0.15) is 0 Å². The first kappa shape index (κ1) is 21.0. The number of nitrogens with zero attached hydrogens (tertiary/aromatic N) is 1. The van der Waals surface area contributed by atoms with Crippen LogP contribution in [0.5, 0.6) is 5.75 Å². The van der Waals surface area contributed by atoms with E-state index in [-0.39, 0.29) is 18.7 Å². The third-order valence-corrected chi connectivity index (χ3v) is 6.24. The number of anilines is 1. The van der Waals surface area contributed by atoms with Crippen molar-refractivity contribution < 1.29 is 14.3 Å². The summed E-state index contributed by atoms with van der Waals surface area (Å²) in [5.74, 6) is 1.07. The molecule has 0 aromatic heterocycles. The summed E-state index contributed by atoms with van der Waals surface area (Å²) in [5.41, 5.74) is 2.60. The summed E-state index contributed by atoms with van der Waals surface area (Å²) in [5, 5.41) is 0.625. The number of carbonyl (C=O) groups excluding carboxylic acids is 1. The zero-order valence-electron chi connectivity index (χ0n) is 16.4. The van der Waals surface area contributed by atoms with Crippen molar-refractivity contribution in [3.05, 3.63) is 57.0 Å². The molecule has 1 aliphatic heterocycles. The minimum atomic E-state index is -0.368. The van der Waals surface area contributed by atoms with E-state index in [0.29, 0.717) is 16.7 Å². The summed E-state index contributed by atoms with van der Waals surface area (Å²) >= 11 is 10.0. The number of methoxy groups -OCH3 is 1. The fraction of sp³-hybridized carbons (Fsp3) is 0.409. The highest BCUT2D eigenvalue weighted by Crippen LogP contribution is 2.46. The molecule has 0 saturated carbocycles. The van der Waals surface area contributed by atoms with Gasteiger partial charge in [-0.1, -0.05) is 55.8 Å². The smallest absolute Gasteiger partial charge is 0.415 e. The number of fused-ring (bicyclic) bond motifs is 1. The van der Waals surface area contributed by atoms with Crippen LogP contribution in [0.1, 0.15) is 37.8 Å². The number of benzene rings is 2. The van der Waals surface area contributed by atoms with Gasteiger partial charge in [-0.15, -0.1) is 0 Å². The number of halogens is 2. The average Bonchev–Trinajstić information content (AvgIpc) is 2.69. The van der Waals surface area contributed by atoms with Crippen molar-refractivity contribution in [2.45, 2.75) is 45.8 Å². The number of carbonyl (C=O) groups is 1. The highest BCUT2D eigenvalue weighted by Gasteiger charge is 2.36. The zero-order valence-corrected chi connectivity index (χ0v) is 18.7. The fourth-order valence-electron chi connectivity index (χ4n) is 3.71. The van der Waals surface area contributed by atoms with Gasteiger partial charge in [-0.25, -0.2) is 4.79 Å². The first-order chi connectivity index (χ1) is 13.4. The molecule has 0 bridgehead atoms. The molecule has 1 atom stereocenters. The molecule has 0 fully saturated rings. The number of amides is 1. The Morgan fingerprint density at radius 2 is 2.04 bits per heavy atom. The van der Waals surface area contributed by atoms with E-state index < -0.39 is 0 Å². The molecule has 6 heteroatoms. The predicted octanol–water partition coefficient (Wildman–Crippen LogP) is 6.62. The summed E-state index contributed by atoms with van der Waals surface area (Å²) < 4.78 is 12.1. The lowest BCUT2D eigenvalue weighted by atomic mass is 9.90. The summed E-state index contributed by atoms with van der Waals surface area (Å²) in [4.78, 5) is 14.9. The van der Waals surface area contributed by atoms with Crippen molar-refractivity contribution in [1.82, 2.24) is 0 Å². The second-order valence-electron chi connectivity index (χ2n) is 7.43. The van der Waals surface area contributed by atoms with Gasteiger partial charge in [0.25, 0.3) is 0 Å². The van der Waals surface area contributed by atoms with Crippen molar-refractivity contribution in [3.63, 3.8) is 0 Å². The van der Waals surface area contributed by atoms with Crippen LogP contribution in [-0.4, -0.2) is 19.2 Å². The molecule has 150 valence electrons. The van der Waals surface area contributed by atoms with Crippen LogP contribution in [0.3, 0.4) is 0 Å². The van der Waals surface area contributed by atoms with E-state index in [1.807, 2.05) is 36.4 Å². The lowest BCUT2D eigenvalue weighted by Gasteiger charge is -2.38. The predicted molar refractivity (Wildman–Crippen MR) is 116 cm³/mol. The molecule has 0 saturated heterocycles. The Balaban J connectivity index is 1.97. The lowest BCUT2D eigenvalue weighted by molar-refractivity contribution is 0.142. The van der Waals surface area contributed by atoms with Gasteiger partial charge in [0, 0.05) is 10.5 Å². The van der Waals surface area contributed by atoms with E-state index in [9.17, 15) is 4.79 Å². The third-order valence-electron chi connectivity index (χ3n) is 4.95. The van der Waals surface area contributed by atoms with Gasteiger partial charge in [0.15, 0.2) is 0 Å². The van der Waals surface area contributed by atoms with E-state index in [1.54, 1.807) is 12.0 Å². The average molecular weight is 467 g/mol. The second-order valence-corrected chi connectivity index (χ2v) is 8.67. The van der Waals surface area contributed by atoms with Crippen molar-refractivity contribution in [2.75, 3.05) is 12.0 Å². The molecule has 0 aliphatic carbocycles. The van der Waals surface area contributed by atoms with E-state index in [2.05, 4.69) is 29.8 Å². The normalized spacial score (nSPS) is 16.1. The van der Waals surface area contributed by atoms with Crippen molar-refractivity contribution in [1.29, 1.82) is 0 Å². The quantitative estimate of drug-likeness (QED) is 0.497. The maximum atomic E-state index is 13.2. The van der Waals surface area contributed by atoms with E-state index in [0.717, 1.165) is 40.5 Å². The van der Waals surface area contributed by atoms with Crippen LogP contribution in [0.2, 0.25) is 5.02 Å². The van der Waals surface area contributed by atoms with Crippen LogP contribution in [0, 0.1) is 5.92 Å². The Labute approximate surface area is 179 Å². The van der Waals surface area contributed by atoms with Gasteiger partial charge >= 0.3 is 6.09 Å². The van der Waals surface area contributed by atoms with Crippen LogP contribution in [0.4, 0.5) is 10.5 Å². The highest BCUT2D eigenvalue weighted by molar-refractivity contribution is 9.10. The standard InChI is InChI=1S/C22H25BrClNO3/c1-14(2)11-16-9-10-17-20(24)18(23)12-19(27-3)21(17)25(16)22(26)28-13-15-7-5-4-6-8-15/h4-8,12,14,16H,9-11,13H2,1-3H3. The fourth-order valence-corrected chi connectivity index (χ4v) is 4.40. The molecular weight excluding hydrogens is 442 g/mol. The van der Waals surface area contributed by atoms with Gasteiger partial charge < -0.3 is 9.47 Å². The molecule has 0 N–H and O–H groups in total. The molecule has 1 heterocycles. The first-order valence-electron chi connectivity index (χ1n) is 9.47. The first-order valence-corrected chi connectivity index (χ1v) is 10.6. The van der Waals surface area contributed by atoms with Gasteiger partial charge in [0.05, 0.1) is 17.8 Å². The van der Waals surface area contributed by atoms with Gasteiger partial charge in [0.2, 0.25) is 0 Å². The molecule has 4 nitrogen and oxygen atoms in total. The number of hydrogen-bond acceptors (Lipinski definition) is 3. The summed E-state index contributed by atoms with van der Waals surface area (Å²) in [6.45, 7) is 4.55. The monoisotopic (exact) mass is 465 g/mol. The molecule has 1 amide bonds. The van der Waals surface area contributed by atoms with Crippen LogP contribution >= 0.6 is 27.5 Å². The van der Waals surface area contributed by atoms with Crippen LogP contribution in [0.25, 0.3) is 0 Å². The van der Waals surface area contributed by atoms with Crippen LogP contribution in [-0.2, 0) is 17.8 Å². The van der Waals surface area contributed by atoms with Crippen LogP contribution in [0.15, 0.2) is 40.9 Å². The number of ether oxygens (including phenoxy) is 2. The van der Waals surface area contributed by atoms with E-state index in [1.165, 1.54) is 0 Å². The highest BCUT2D eigenvalue weighted by atomic mass is 79.9. The molecule has 1 aliphatic rings. The van der Waals surface area contributed by atoms with E-state index in [4.69, 9.17) is 21.1 Å². The molecule has 28 heavy (non-hydrogen) atoms. The Morgan fingerprint density at radius 1 is 1.32 bits per heavy atom. The molecular formula is C22H25BrClNO3. The molecule has 3 rings (SSSR count). The third kappa shape index (κ3) is 4.47. The summed E-state index contributed by atoms with van der Waals surface area (Å²) in [6, 6.07) is 11.5.